The number of hydrogen-bond donors (Lipinski definition) is 3. The maximum atomic E-state index is 11.0. The van der Waals surface area contributed by atoms with Gasteiger partial charge in [-0.1, -0.05) is 0 Å². The predicted octanol–water partition coefficient (Wildman–Crippen LogP) is -0.151. The Bertz CT molecular complexity index is 223. The maximum Gasteiger partial charge on any atom is 0.233 e. The molecule has 0 bridgehead atoms. The lowest BCUT2D eigenvalue weighted by molar-refractivity contribution is -0.121. The van der Waals surface area contributed by atoms with Gasteiger partial charge in [-0.05, 0) is 38.6 Å². The average molecular weight is 229 g/mol. The first kappa shape index (κ1) is 13.4. The van der Waals surface area contributed by atoms with Crippen LogP contribution >= 0.6 is 0 Å². The van der Waals surface area contributed by atoms with Crippen LogP contribution in [0.5, 0.6) is 0 Å². The molecule has 0 aromatic carbocycles. The quantitative estimate of drug-likeness (QED) is 0.348. The topological polar surface area (TPSA) is 78.6 Å². The van der Waals surface area contributed by atoms with Gasteiger partial charge in [0.2, 0.25) is 5.91 Å². The Morgan fingerprint density at radius 2 is 2.44 bits per heavy atom. The minimum absolute atomic E-state index is 0.109. The van der Waals surface area contributed by atoms with Crippen molar-refractivity contribution in [3.05, 3.63) is 0 Å². The summed E-state index contributed by atoms with van der Waals surface area (Å²) in [6.07, 6.45) is 3.54. The number of aliphatic hydroxyl groups is 1. The molecule has 1 saturated heterocycles. The van der Waals surface area contributed by atoms with Crippen molar-refractivity contribution in [2.75, 3.05) is 19.7 Å². The van der Waals surface area contributed by atoms with E-state index in [4.69, 9.17) is 10.9 Å². The normalized spacial score (nSPS) is 24.1. The molecule has 2 unspecified atom stereocenters. The highest BCUT2D eigenvalue weighted by atomic mass is 16.3. The molecule has 1 heterocycles. The van der Waals surface area contributed by atoms with Gasteiger partial charge < -0.3 is 10.0 Å². The summed E-state index contributed by atoms with van der Waals surface area (Å²) >= 11 is 0. The monoisotopic (exact) mass is 229 g/mol. The number of amides is 1. The summed E-state index contributed by atoms with van der Waals surface area (Å²) in [5.41, 5.74) is 2.15. The number of likely N-dealkylation sites (tertiary alicyclic amines) is 1. The first-order chi connectivity index (χ1) is 7.67. The summed E-state index contributed by atoms with van der Waals surface area (Å²) in [6, 6.07) is 0.381. The molecule has 1 amide bonds. The van der Waals surface area contributed by atoms with Crippen LogP contribution in [0.4, 0.5) is 0 Å². The van der Waals surface area contributed by atoms with Crippen LogP contribution in [0.3, 0.4) is 0 Å². The molecule has 0 aromatic heterocycles. The Hall–Kier alpha value is -0.650. The van der Waals surface area contributed by atoms with Gasteiger partial charge in [0.15, 0.2) is 0 Å². The zero-order valence-corrected chi connectivity index (χ0v) is 9.98. The Morgan fingerprint density at radius 3 is 3.06 bits per heavy atom. The molecule has 4 N–H and O–H groups in total. The highest BCUT2D eigenvalue weighted by Crippen LogP contribution is 2.19. The van der Waals surface area contributed by atoms with Crippen LogP contribution < -0.4 is 11.3 Å². The molecular weight excluding hydrogens is 206 g/mol. The van der Waals surface area contributed by atoms with Crippen molar-refractivity contribution in [2.45, 2.75) is 38.6 Å². The van der Waals surface area contributed by atoms with Crippen molar-refractivity contribution in [2.24, 2.45) is 11.8 Å². The molecule has 1 aliphatic heterocycles. The highest BCUT2D eigenvalue weighted by Gasteiger charge is 2.23. The molecule has 0 radical (unpaired) electrons. The molecule has 2 atom stereocenters. The SMILES string of the molecule is CC(CCC(=O)NN)N1CCCC(CO)C1. The molecule has 5 nitrogen and oxygen atoms in total. The minimum atomic E-state index is -0.109. The smallest absolute Gasteiger partial charge is 0.233 e. The molecule has 0 saturated carbocycles. The fourth-order valence-electron chi connectivity index (χ4n) is 2.24. The summed E-state index contributed by atoms with van der Waals surface area (Å²) in [6.45, 7) is 4.42. The fourth-order valence-corrected chi connectivity index (χ4v) is 2.24. The molecule has 94 valence electrons. The van der Waals surface area contributed by atoms with E-state index in [0.717, 1.165) is 32.4 Å². The van der Waals surface area contributed by atoms with Crippen LogP contribution in [-0.4, -0.2) is 41.7 Å². The number of nitrogens with two attached hydrogens (primary N) is 1. The maximum absolute atomic E-state index is 11.0. The van der Waals surface area contributed by atoms with E-state index in [-0.39, 0.29) is 12.5 Å². The van der Waals surface area contributed by atoms with Crippen LogP contribution in [0, 0.1) is 5.92 Å². The first-order valence-corrected chi connectivity index (χ1v) is 6.01. The van der Waals surface area contributed by atoms with Crippen molar-refractivity contribution in [3.8, 4) is 0 Å². The van der Waals surface area contributed by atoms with Crippen molar-refractivity contribution in [3.63, 3.8) is 0 Å². The lowest BCUT2D eigenvalue weighted by atomic mass is 9.97. The Morgan fingerprint density at radius 1 is 1.69 bits per heavy atom. The second-order valence-corrected chi connectivity index (χ2v) is 4.64. The first-order valence-electron chi connectivity index (χ1n) is 6.01. The van der Waals surface area contributed by atoms with E-state index in [1.54, 1.807) is 0 Å². The van der Waals surface area contributed by atoms with E-state index in [0.29, 0.717) is 18.4 Å². The van der Waals surface area contributed by atoms with E-state index in [9.17, 15) is 4.79 Å². The molecule has 16 heavy (non-hydrogen) atoms. The second kappa shape index (κ2) is 6.83. The van der Waals surface area contributed by atoms with Gasteiger partial charge in [0.1, 0.15) is 0 Å². The van der Waals surface area contributed by atoms with Crippen LogP contribution in [0.1, 0.15) is 32.6 Å². The standard InChI is InChI=1S/C11H23N3O2/c1-9(4-5-11(16)13-12)14-6-2-3-10(7-14)8-15/h9-10,15H,2-8,12H2,1H3,(H,13,16). The van der Waals surface area contributed by atoms with Crippen molar-refractivity contribution in [1.29, 1.82) is 0 Å². The molecule has 0 spiro atoms. The highest BCUT2D eigenvalue weighted by molar-refractivity contribution is 5.75. The van der Waals surface area contributed by atoms with Crippen LogP contribution in [0.2, 0.25) is 0 Å². The predicted molar refractivity (Wildman–Crippen MR) is 62.4 cm³/mol. The summed E-state index contributed by atoms with van der Waals surface area (Å²) in [5, 5.41) is 9.14. The molecule has 0 aromatic rings. The number of carbonyl (C=O) groups excluding carboxylic acids is 1. The van der Waals surface area contributed by atoms with Gasteiger partial charge in [-0.25, -0.2) is 5.84 Å². The Kier molecular flexibility index (Phi) is 5.73. The van der Waals surface area contributed by atoms with Crippen molar-refractivity contribution < 1.29 is 9.90 Å². The van der Waals surface area contributed by atoms with E-state index in [2.05, 4.69) is 17.2 Å². The van der Waals surface area contributed by atoms with E-state index in [1.165, 1.54) is 0 Å². The number of rotatable bonds is 5. The Balaban J connectivity index is 2.29. The van der Waals surface area contributed by atoms with Gasteiger partial charge >= 0.3 is 0 Å². The third-order valence-electron chi connectivity index (χ3n) is 3.38. The number of hydrazine groups is 1. The summed E-state index contributed by atoms with van der Waals surface area (Å²) in [7, 11) is 0. The number of carbonyl (C=O) groups is 1. The average Bonchev–Trinajstić information content (AvgIpc) is 2.35. The molecule has 0 aliphatic carbocycles. The molecule has 1 rings (SSSR count). The number of hydrogen-bond acceptors (Lipinski definition) is 4. The molecule has 1 aliphatic rings. The largest absolute Gasteiger partial charge is 0.396 e. The lowest BCUT2D eigenvalue weighted by Crippen LogP contribution is -2.43. The van der Waals surface area contributed by atoms with Crippen molar-refractivity contribution >= 4 is 5.91 Å². The van der Waals surface area contributed by atoms with E-state index in [1.807, 2.05) is 0 Å². The van der Waals surface area contributed by atoms with E-state index >= 15 is 0 Å². The molecule has 1 fully saturated rings. The van der Waals surface area contributed by atoms with Crippen LogP contribution in [0.25, 0.3) is 0 Å². The van der Waals surface area contributed by atoms with E-state index < -0.39 is 0 Å². The third kappa shape index (κ3) is 4.08. The second-order valence-electron chi connectivity index (χ2n) is 4.64. The van der Waals surface area contributed by atoms with Gasteiger partial charge in [-0.15, -0.1) is 0 Å². The van der Waals surface area contributed by atoms with Gasteiger partial charge in [-0.3, -0.25) is 10.2 Å². The van der Waals surface area contributed by atoms with Gasteiger partial charge in [0, 0.05) is 25.6 Å². The summed E-state index contributed by atoms with van der Waals surface area (Å²) in [4.78, 5) is 13.4. The fraction of sp³-hybridized carbons (Fsp3) is 0.909. The van der Waals surface area contributed by atoms with Gasteiger partial charge in [0.05, 0.1) is 0 Å². The van der Waals surface area contributed by atoms with Crippen molar-refractivity contribution in [1.82, 2.24) is 10.3 Å². The van der Waals surface area contributed by atoms with Crippen LogP contribution in [-0.2, 0) is 4.79 Å². The Labute approximate surface area is 97.0 Å². The lowest BCUT2D eigenvalue weighted by Gasteiger charge is -2.36. The third-order valence-corrected chi connectivity index (χ3v) is 3.38. The van der Waals surface area contributed by atoms with Crippen LogP contribution in [0.15, 0.2) is 0 Å². The molecular formula is C11H23N3O2. The van der Waals surface area contributed by atoms with Gasteiger partial charge in [-0.2, -0.15) is 0 Å². The zero-order valence-electron chi connectivity index (χ0n) is 9.98. The zero-order chi connectivity index (χ0) is 12.0. The molecule has 5 heteroatoms. The number of aliphatic hydroxyl groups excluding tert-OH is 1. The number of nitrogens with zero attached hydrogens (tertiary/aromatic N) is 1. The number of piperidine rings is 1. The van der Waals surface area contributed by atoms with Gasteiger partial charge in [0.25, 0.3) is 0 Å². The minimum Gasteiger partial charge on any atom is -0.396 e. The summed E-state index contributed by atoms with van der Waals surface area (Å²) in [5.74, 6) is 5.33. The summed E-state index contributed by atoms with van der Waals surface area (Å²) < 4.78 is 0. The number of nitrogens with one attached hydrogen (secondary N) is 1.